The van der Waals surface area contributed by atoms with Gasteiger partial charge in [-0.15, -0.1) is 0 Å². The summed E-state index contributed by atoms with van der Waals surface area (Å²) in [7, 11) is 0. The van der Waals surface area contributed by atoms with Crippen LogP contribution in [-0.2, 0) is 6.54 Å². The van der Waals surface area contributed by atoms with Crippen LogP contribution < -0.4 is 10.1 Å². The molecule has 14 heavy (non-hydrogen) atoms. The number of rotatable bonds is 5. The molecule has 0 heterocycles. The van der Waals surface area contributed by atoms with Crippen LogP contribution in [0, 0.1) is 0 Å². The van der Waals surface area contributed by atoms with Crippen molar-refractivity contribution in [3.63, 3.8) is 0 Å². The summed E-state index contributed by atoms with van der Waals surface area (Å²) >= 11 is 0. The van der Waals surface area contributed by atoms with E-state index in [0.717, 1.165) is 12.1 Å². The molecule has 1 rings (SSSR count). The molecular weight excluding hydrogens is 188 g/mol. The monoisotopic (exact) mass is 201 g/mol. The first-order valence-corrected chi connectivity index (χ1v) is 4.47. The topological polar surface area (TPSA) is 21.3 Å². The van der Waals surface area contributed by atoms with Gasteiger partial charge in [0.25, 0.3) is 0 Å². The number of para-hydroxylation sites is 1. The Morgan fingerprint density at radius 3 is 2.71 bits per heavy atom. The van der Waals surface area contributed by atoms with Crippen molar-refractivity contribution in [1.82, 2.24) is 5.32 Å². The van der Waals surface area contributed by atoms with Crippen molar-refractivity contribution in [3.05, 3.63) is 29.8 Å². The maximum atomic E-state index is 12.0. The summed E-state index contributed by atoms with van der Waals surface area (Å²) in [5.41, 5.74) is 0.745. The van der Waals surface area contributed by atoms with E-state index < -0.39 is 6.61 Å². The maximum absolute atomic E-state index is 12.0. The van der Waals surface area contributed by atoms with E-state index in [1.807, 2.05) is 6.92 Å². The molecule has 2 nitrogen and oxygen atoms in total. The molecular formula is C10H13F2NO. The Kier molecular flexibility index (Phi) is 4.32. The molecule has 0 bridgehead atoms. The zero-order valence-electron chi connectivity index (χ0n) is 7.97. The first kappa shape index (κ1) is 10.9. The van der Waals surface area contributed by atoms with Gasteiger partial charge in [-0.3, -0.25) is 0 Å². The van der Waals surface area contributed by atoms with E-state index in [9.17, 15) is 8.78 Å². The third-order valence-electron chi connectivity index (χ3n) is 1.75. The van der Waals surface area contributed by atoms with Gasteiger partial charge in [0.1, 0.15) is 5.75 Å². The van der Waals surface area contributed by atoms with Crippen molar-refractivity contribution in [3.8, 4) is 5.75 Å². The molecule has 1 aromatic rings. The SMILES string of the molecule is CCNCc1ccccc1OC(F)F. The summed E-state index contributed by atoms with van der Waals surface area (Å²) in [5.74, 6) is 0.239. The van der Waals surface area contributed by atoms with Crippen LogP contribution in [0.3, 0.4) is 0 Å². The summed E-state index contributed by atoms with van der Waals surface area (Å²) in [6.45, 7) is 0.525. The van der Waals surface area contributed by atoms with Crippen LogP contribution in [0.4, 0.5) is 8.78 Å². The Bertz CT molecular complexity index is 279. The third-order valence-corrected chi connectivity index (χ3v) is 1.75. The third kappa shape index (κ3) is 3.30. The molecule has 0 spiro atoms. The molecule has 0 amide bonds. The van der Waals surface area contributed by atoms with E-state index >= 15 is 0 Å². The highest BCUT2D eigenvalue weighted by molar-refractivity contribution is 5.33. The minimum absolute atomic E-state index is 0.239. The molecule has 78 valence electrons. The van der Waals surface area contributed by atoms with Crippen molar-refractivity contribution in [2.24, 2.45) is 0 Å². The van der Waals surface area contributed by atoms with Gasteiger partial charge in [-0.05, 0) is 12.6 Å². The predicted octanol–water partition coefficient (Wildman–Crippen LogP) is 2.40. The van der Waals surface area contributed by atoms with Crippen molar-refractivity contribution in [2.75, 3.05) is 6.54 Å². The van der Waals surface area contributed by atoms with Crippen molar-refractivity contribution in [1.29, 1.82) is 0 Å². The molecule has 0 aliphatic heterocycles. The van der Waals surface area contributed by atoms with Gasteiger partial charge in [-0.1, -0.05) is 25.1 Å². The molecule has 1 aromatic carbocycles. The Labute approximate surface area is 81.9 Å². The summed E-state index contributed by atoms with van der Waals surface area (Å²) < 4.78 is 28.3. The fourth-order valence-electron chi connectivity index (χ4n) is 1.12. The average Bonchev–Trinajstić information content (AvgIpc) is 2.16. The number of alkyl halides is 2. The summed E-state index contributed by atoms with van der Waals surface area (Å²) in [6, 6.07) is 6.78. The second-order valence-corrected chi connectivity index (χ2v) is 2.77. The second-order valence-electron chi connectivity index (χ2n) is 2.77. The minimum atomic E-state index is -2.77. The molecule has 0 atom stereocenters. The molecule has 0 fully saturated rings. The van der Waals surface area contributed by atoms with Crippen molar-refractivity contribution in [2.45, 2.75) is 20.1 Å². The highest BCUT2D eigenvalue weighted by Gasteiger charge is 2.07. The smallest absolute Gasteiger partial charge is 0.387 e. The van der Waals surface area contributed by atoms with E-state index in [-0.39, 0.29) is 5.75 Å². The Morgan fingerprint density at radius 1 is 1.36 bits per heavy atom. The van der Waals surface area contributed by atoms with Crippen LogP contribution in [0.15, 0.2) is 24.3 Å². The lowest BCUT2D eigenvalue weighted by Gasteiger charge is -2.10. The van der Waals surface area contributed by atoms with Crippen LogP contribution in [0.25, 0.3) is 0 Å². The van der Waals surface area contributed by atoms with E-state index in [4.69, 9.17) is 0 Å². The molecule has 0 unspecified atom stereocenters. The molecule has 0 saturated carbocycles. The van der Waals surface area contributed by atoms with Crippen LogP contribution in [0.2, 0.25) is 0 Å². The Balaban J connectivity index is 2.69. The van der Waals surface area contributed by atoms with E-state index in [1.165, 1.54) is 0 Å². The zero-order chi connectivity index (χ0) is 10.4. The number of benzene rings is 1. The van der Waals surface area contributed by atoms with Gasteiger partial charge in [0, 0.05) is 12.1 Å². The van der Waals surface area contributed by atoms with Gasteiger partial charge in [-0.2, -0.15) is 8.78 Å². The van der Waals surface area contributed by atoms with Gasteiger partial charge < -0.3 is 10.1 Å². The van der Waals surface area contributed by atoms with Crippen LogP contribution in [-0.4, -0.2) is 13.2 Å². The fraction of sp³-hybridized carbons (Fsp3) is 0.400. The summed E-state index contributed by atoms with van der Waals surface area (Å²) in [5, 5.41) is 3.05. The highest BCUT2D eigenvalue weighted by atomic mass is 19.3. The first-order chi connectivity index (χ1) is 6.74. The fourth-order valence-corrected chi connectivity index (χ4v) is 1.12. The van der Waals surface area contributed by atoms with Crippen LogP contribution in [0.1, 0.15) is 12.5 Å². The Hall–Kier alpha value is -1.16. The van der Waals surface area contributed by atoms with Gasteiger partial charge >= 0.3 is 6.61 Å². The van der Waals surface area contributed by atoms with Crippen LogP contribution >= 0.6 is 0 Å². The number of nitrogens with one attached hydrogen (secondary N) is 1. The predicted molar refractivity (Wildman–Crippen MR) is 50.5 cm³/mol. The van der Waals surface area contributed by atoms with Gasteiger partial charge in [0.2, 0.25) is 0 Å². The number of ether oxygens (including phenoxy) is 1. The lowest BCUT2D eigenvalue weighted by atomic mass is 10.2. The van der Waals surface area contributed by atoms with E-state index in [0.29, 0.717) is 6.54 Å². The quantitative estimate of drug-likeness (QED) is 0.789. The molecule has 0 aliphatic rings. The van der Waals surface area contributed by atoms with E-state index in [1.54, 1.807) is 24.3 Å². The molecule has 0 aliphatic carbocycles. The number of halogens is 2. The number of hydrogen-bond acceptors (Lipinski definition) is 2. The first-order valence-electron chi connectivity index (χ1n) is 4.47. The summed E-state index contributed by atoms with van der Waals surface area (Å²) in [4.78, 5) is 0. The zero-order valence-corrected chi connectivity index (χ0v) is 7.97. The van der Waals surface area contributed by atoms with Gasteiger partial charge in [0.05, 0.1) is 0 Å². The normalized spacial score (nSPS) is 10.6. The molecule has 0 aromatic heterocycles. The molecule has 1 N–H and O–H groups in total. The van der Waals surface area contributed by atoms with Crippen molar-refractivity contribution < 1.29 is 13.5 Å². The number of hydrogen-bond donors (Lipinski definition) is 1. The average molecular weight is 201 g/mol. The Morgan fingerprint density at radius 2 is 2.07 bits per heavy atom. The summed E-state index contributed by atoms with van der Waals surface area (Å²) in [6.07, 6.45) is 0. The molecule has 4 heteroatoms. The van der Waals surface area contributed by atoms with Gasteiger partial charge in [0.15, 0.2) is 0 Å². The second kappa shape index (κ2) is 5.54. The molecule has 0 radical (unpaired) electrons. The van der Waals surface area contributed by atoms with Crippen LogP contribution in [0.5, 0.6) is 5.75 Å². The molecule has 0 saturated heterocycles. The van der Waals surface area contributed by atoms with Crippen molar-refractivity contribution >= 4 is 0 Å². The highest BCUT2D eigenvalue weighted by Crippen LogP contribution is 2.19. The standard InChI is InChI=1S/C10H13F2NO/c1-2-13-7-8-5-3-4-6-9(8)14-10(11)12/h3-6,10,13H,2,7H2,1H3. The largest absolute Gasteiger partial charge is 0.434 e. The maximum Gasteiger partial charge on any atom is 0.387 e. The lowest BCUT2D eigenvalue weighted by Crippen LogP contribution is -2.13. The minimum Gasteiger partial charge on any atom is -0.434 e. The van der Waals surface area contributed by atoms with Gasteiger partial charge in [-0.25, -0.2) is 0 Å². The van der Waals surface area contributed by atoms with E-state index in [2.05, 4.69) is 10.1 Å². The lowest BCUT2D eigenvalue weighted by molar-refractivity contribution is -0.0504.